The first kappa shape index (κ1) is 22.3. The van der Waals surface area contributed by atoms with Gasteiger partial charge in [0.2, 0.25) is 11.8 Å². The van der Waals surface area contributed by atoms with Crippen molar-refractivity contribution in [1.29, 1.82) is 0 Å². The van der Waals surface area contributed by atoms with Crippen LogP contribution in [0.5, 0.6) is 5.75 Å². The summed E-state index contributed by atoms with van der Waals surface area (Å²) in [4.78, 5) is 27.0. The number of amides is 2. The summed E-state index contributed by atoms with van der Waals surface area (Å²) < 4.78 is 33.4. The summed E-state index contributed by atoms with van der Waals surface area (Å²) in [6.07, 6.45) is 3.42. The van der Waals surface area contributed by atoms with E-state index in [1.54, 1.807) is 24.3 Å². The summed E-state index contributed by atoms with van der Waals surface area (Å²) in [6, 6.07) is 12.0. The zero-order valence-corrected chi connectivity index (χ0v) is 19.4. The lowest BCUT2D eigenvalue weighted by Crippen LogP contribution is -2.31. The van der Waals surface area contributed by atoms with Gasteiger partial charge in [-0.15, -0.1) is 0 Å². The molecule has 0 N–H and O–H groups in total. The summed E-state index contributed by atoms with van der Waals surface area (Å²) >= 11 is 0. The number of methoxy groups -OCH3 is 1. The standard InChI is InChI=1S/C24H28N2O5S/c1-16-8-11-18(12-9-16)25(2)32(29,30)22-14-17(10-13-21(22)31-3)15-26-23(27)19-6-4-5-7-20(19)24(26)28/h8-14,19-20H,4-7,15H2,1-3H3/t19-,20+. The number of likely N-dealkylation sites (tertiary alicyclic amines) is 1. The highest BCUT2D eigenvalue weighted by Crippen LogP contribution is 2.39. The highest BCUT2D eigenvalue weighted by molar-refractivity contribution is 7.92. The maximum absolute atomic E-state index is 13.4. The minimum absolute atomic E-state index is 0.00270. The molecule has 0 bridgehead atoms. The lowest BCUT2D eigenvalue weighted by Gasteiger charge is -2.22. The Morgan fingerprint density at radius 3 is 2.16 bits per heavy atom. The molecule has 1 aliphatic heterocycles. The van der Waals surface area contributed by atoms with Crippen LogP contribution in [0.2, 0.25) is 0 Å². The fourth-order valence-corrected chi connectivity index (χ4v) is 6.03. The number of anilines is 1. The first-order chi connectivity index (χ1) is 15.2. The number of fused-ring (bicyclic) bond motifs is 1. The van der Waals surface area contributed by atoms with Gasteiger partial charge in [-0.1, -0.05) is 36.6 Å². The molecule has 7 nitrogen and oxygen atoms in total. The average molecular weight is 457 g/mol. The minimum atomic E-state index is -3.93. The summed E-state index contributed by atoms with van der Waals surface area (Å²) in [5, 5.41) is 0. The van der Waals surface area contributed by atoms with Crippen LogP contribution in [0.3, 0.4) is 0 Å². The van der Waals surface area contributed by atoms with Gasteiger partial charge in [0.25, 0.3) is 10.0 Å². The molecular formula is C24H28N2O5S. The predicted octanol–water partition coefficient (Wildman–Crippen LogP) is 3.50. The Balaban J connectivity index is 1.65. The molecule has 2 atom stereocenters. The number of aryl methyl sites for hydroxylation is 1. The zero-order valence-electron chi connectivity index (χ0n) is 18.6. The van der Waals surface area contributed by atoms with E-state index in [1.165, 1.54) is 29.4 Å². The molecule has 2 aromatic rings. The molecule has 1 heterocycles. The number of hydrogen-bond donors (Lipinski definition) is 0. The fraction of sp³-hybridized carbons (Fsp3) is 0.417. The van der Waals surface area contributed by atoms with Crippen LogP contribution < -0.4 is 9.04 Å². The van der Waals surface area contributed by atoms with Gasteiger partial charge in [0, 0.05) is 7.05 Å². The first-order valence-electron chi connectivity index (χ1n) is 10.8. The third-order valence-electron chi connectivity index (χ3n) is 6.54. The second-order valence-electron chi connectivity index (χ2n) is 8.55. The van der Waals surface area contributed by atoms with Gasteiger partial charge >= 0.3 is 0 Å². The molecule has 0 unspecified atom stereocenters. The van der Waals surface area contributed by atoms with Crippen LogP contribution in [-0.2, 0) is 26.2 Å². The van der Waals surface area contributed by atoms with Crippen molar-refractivity contribution in [3.8, 4) is 5.75 Å². The van der Waals surface area contributed by atoms with Gasteiger partial charge in [0.05, 0.1) is 31.2 Å². The van der Waals surface area contributed by atoms with Crippen LogP contribution in [0.1, 0.15) is 36.8 Å². The maximum atomic E-state index is 13.4. The van der Waals surface area contributed by atoms with Crippen molar-refractivity contribution in [2.45, 2.75) is 44.0 Å². The zero-order chi connectivity index (χ0) is 23.0. The van der Waals surface area contributed by atoms with Gasteiger partial charge in [-0.05, 0) is 49.6 Å². The molecule has 170 valence electrons. The van der Waals surface area contributed by atoms with Crippen LogP contribution in [0.15, 0.2) is 47.4 Å². The van der Waals surface area contributed by atoms with E-state index in [1.807, 2.05) is 19.1 Å². The number of hydrogen-bond acceptors (Lipinski definition) is 5. The smallest absolute Gasteiger partial charge is 0.267 e. The average Bonchev–Trinajstić information content (AvgIpc) is 3.04. The third-order valence-corrected chi connectivity index (χ3v) is 8.34. The molecule has 2 aromatic carbocycles. The molecule has 1 saturated carbocycles. The van der Waals surface area contributed by atoms with Gasteiger partial charge in [0.1, 0.15) is 10.6 Å². The Labute approximate surface area is 189 Å². The Morgan fingerprint density at radius 1 is 1.00 bits per heavy atom. The lowest BCUT2D eigenvalue weighted by atomic mass is 9.81. The Morgan fingerprint density at radius 2 is 1.59 bits per heavy atom. The highest BCUT2D eigenvalue weighted by Gasteiger charge is 2.48. The van der Waals surface area contributed by atoms with Crippen LogP contribution >= 0.6 is 0 Å². The lowest BCUT2D eigenvalue weighted by molar-refractivity contribution is -0.140. The molecular weight excluding hydrogens is 428 g/mol. The maximum Gasteiger partial charge on any atom is 0.267 e. The van der Waals surface area contributed by atoms with E-state index in [4.69, 9.17) is 4.74 Å². The number of carbonyl (C=O) groups is 2. The van der Waals surface area contributed by atoms with Gasteiger partial charge in [-0.3, -0.25) is 18.8 Å². The second-order valence-corrected chi connectivity index (χ2v) is 10.5. The second kappa shape index (κ2) is 8.58. The molecule has 2 aliphatic rings. The van der Waals surface area contributed by atoms with Crippen molar-refractivity contribution < 1.29 is 22.7 Å². The molecule has 0 radical (unpaired) electrons. The van der Waals surface area contributed by atoms with Crippen molar-refractivity contribution in [1.82, 2.24) is 4.90 Å². The van der Waals surface area contributed by atoms with E-state index in [2.05, 4.69) is 0 Å². The van der Waals surface area contributed by atoms with Crippen LogP contribution in [0.25, 0.3) is 0 Å². The monoisotopic (exact) mass is 456 g/mol. The molecule has 0 spiro atoms. The topological polar surface area (TPSA) is 84.0 Å². The first-order valence-corrected chi connectivity index (χ1v) is 12.3. The van der Waals surface area contributed by atoms with Crippen molar-refractivity contribution in [2.75, 3.05) is 18.5 Å². The van der Waals surface area contributed by atoms with Crippen molar-refractivity contribution in [3.63, 3.8) is 0 Å². The number of nitrogens with zero attached hydrogens (tertiary/aromatic N) is 2. The number of rotatable bonds is 6. The SMILES string of the molecule is COc1ccc(CN2C(=O)[C@H]3CCCC[C@H]3C2=O)cc1S(=O)(=O)N(C)c1ccc(C)cc1. The quantitative estimate of drug-likeness (QED) is 0.621. The van der Waals surface area contributed by atoms with Gasteiger partial charge < -0.3 is 4.74 Å². The van der Waals surface area contributed by atoms with E-state index in [9.17, 15) is 18.0 Å². The Bertz CT molecular complexity index is 1120. The van der Waals surface area contributed by atoms with Gasteiger partial charge in [-0.25, -0.2) is 8.42 Å². The molecule has 32 heavy (non-hydrogen) atoms. The van der Waals surface area contributed by atoms with Crippen molar-refractivity contribution in [3.05, 3.63) is 53.6 Å². The number of benzene rings is 2. The van der Waals surface area contributed by atoms with E-state index in [-0.39, 0.29) is 40.8 Å². The molecule has 8 heteroatoms. The van der Waals surface area contributed by atoms with Crippen LogP contribution in [0, 0.1) is 18.8 Å². The number of ether oxygens (including phenoxy) is 1. The number of carbonyl (C=O) groups excluding carboxylic acids is 2. The molecule has 1 saturated heterocycles. The largest absolute Gasteiger partial charge is 0.495 e. The van der Waals surface area contributed by atoms with Crippen molar-refractivity contribution in [2.24, 2.45) is 11.8 Å². The molecule has 2 amide bonds. The number of imide groups is 1. The van der Waals surface area contributed by atoms with Crippen LogP contribution in [0.4, 0.5) is 5.69 Å². The van der Waals surface area contributed by atoms with E-state index in [0.29, 0.717) is 11.3 Å². The predicted molar refractivity (Wildman–Crippen MR) is 121 cm³/mol. The Kier molecular flexibility index (Phi) is 5.99. The van der Waals surface area contributed by atoms with Gasteiger partial charge in [-0.2, -0.15) is 0 Å². The fourth-order valence-electron chi connectivity index (χ4n) is 4.63. The summed E-state index contributed by atoms with van der Waals surface area (Å²) in [7, 11) is -1.03. The Hall–Kier alpha value is -2.87. The highest BCUT2D eigenvalue weighted by atomic mass is 32.2. The molecule has 4 rings (SSSR count). The summed E-state index contributed by atoms with van der Waals surface area (Å²) in [5.74, 6) is -0.537. The summed E-state index contributed by atoms with van der Waals surface area (Å²) in [5.41, 5.74) is 2.12. The number of sulfonamides is 1. The van der Waals surface area contributed by atoms with Gasteiger partial charge in [0.15, 0.2) is 0 Å². The molecule has 2 fully saturated rings. The summed E-state index contributed by atoms with van der Waals surface area (Å²) in [6.45, 7) is 1.99. The molecule has 0 aromatic heterocycles. The minimum Gasteiger partial charge on any atom is -0.495 e. The van der Waals surface area contributed by atoms with E-state index in [0.717, 1.165) is 31.2 Å². The third kappa shape index (κ3) is 3.88. The molecule has 1 aliphatic carbocycles. The van der Waals surface area contributed by atoms with E-state index >= 15 is 0 Å². The normalized spacial score (nSPS) is 20.9. The van der Waals surface area contributed by atoms with Crippen LogP contribution in [-0.4, -0.2) is 39.3 Å². The van der Waals surface area contributed by atoms with E-state index < -0.39 is 10.0 Å². The van der Waals surface area contributed by atoms with Crippen molar-refractivity contribution >= 4 is 27.5 Å².